The Labute approximate surface area is 121 Å². The van der Waals surface area contributed by atoms with Crippen LogP contribution in [0.15, 0.2) is 0 Å². The smallest absolute Gasteiger partial charge is 0.358 e. The Bertz CT molecular complexity index is 460. The summed E-state index contributed by atoms with van der Waals surface area (Å²) in [4.78, 5) is 29.9. The topological polar surface area (TPSA) is 59.5 Å². The van der Waals surface area contributed by atoms with E-state index in [4.69, 9.17) is 4.74 Å². The van der Waals surface area contributed by atoms with Gasteiger partial charge in [0.15, 0.2) is 16.6 Å². The van der Waals surface area contributed by atoms with Crippen molar-refractivity contribution >= 4 is 40.0 Å². The van der Waals surface area contributed by atoms with Gasteiger partial charge in [-0.15, -0.1) is 0 Å². The molecule has 1 heterocycles. The zero-order chi connectivity index (χ0) is 14.4. The number of hydrogen-bond donors (Lipinski definition) is 0. The second kappa shape index (κ2) is 7.49. The number of anilines is 1. The van der Waals surface area contributed by atoms with Crippen LogP contribution in [0.25, 0.3) is 0 Å². The van der Waals surface area contributed by atoms with Crippen molar-refractivity contribution < 1.29 is 14.3 Å². The molecule has 0 spiro atoms. The summed E-state index contributed by atoms with van der Waals surface area (Å²) in [7, 11) is 1.90. The molecule has 0 amide bonds. The van der Waals surface area contributed by atoms with Gasteiger partial charge in [0.1, 0.15) is 4.88 Å². The molecule has 1 aromatic heterocycles. The second-order valence-electron chi connectivity index (χ2n) is 3.87. The Morgan fingerprint density at radius 2 is 2.16 bits per heavy atom. The molecule has 0 bridgehead atoms. The molecule has 0 unspecified atom stereocenters. The fraction of sp³-hybridized carbons (Fsp3) is 0.583. The van der Waals surface area contributed by atoms with Gasteiger partial charge in [0.05, 0.1) is 6.61 Å². The number of ketones is 1. The Morgan fingerprint density at radius 3 is 2.68 bits per heavy atom. The number of hydrogen-bond acceptors (Lipinski definition) is 7. The maximum Gasteiger partial charge on any atom is 0.358 e. The molecule has 0 radical (unpaired) electrons. The maximum absolute atomic E-state index is 11.8. The summed E-state index contributed by atoms with van der Waals surface area (Å²) in [6.45, 7) is 4.24. The van der Waals surface area contributed by atoms with Crippen LogP contribution in [0.3, 0.4) is 0 Å². The van der Waals surface area contributed by atoms with Crippen LogP contribution in [-0.2, 0) is 4.74 Å². The number of thiazole rings is 1. The first-order valence-electron chi connectivity index (χ1n) is 5.90. The molecule has 0 atom stereocenters. The van der Waals surface area contributed by atoms with Crippen molar-refractivity contribution in [1.29, 1.82) is 0 Å². The monoisotopic (exact) mass is 302 g/mol. The van der Waals surface area contributed by atoms with E-state index >= 15 is 0 Å². The van der Waals surface area contributed by atoms with E-state index in [9.17, 15) is 9.59 Å². The van der Waals surface area contributed by atoms with E-state index in [2.05, 4.69) is 4.98 Å². The lowest BCUT2D eigenvalue weighted by atomic mass is 10.3. The predicted octanol–water partition coefficient (Wildman–Crippen LogP) is 2.32. The number of nitrogens with zero attached hydrogens (tertiary/aromatic N) is 2. The first-order chi connectivity index (χ1) is 9.01. The van der Waals surface area contributed by atoms with Gasteiger partial charge >= 0.3 is 5.97 Å². The van der Waals surface area contributed by atoms with Crippen molar-refractivity contribution in [3.05, 3.63) is 10.6 Å². The fourth-order valence-electron chi connectivity index (χ4n) is 1.37. The quantitative estimate of drug-likeness (QED) is 0.569. The molecular formula is C12H18N2O3S2. The zero-order valence-electron chi connectivity index (χ0n) is 11.6. The van der Waals surface area contributed by atoms with Gasteiger partial charge in [0.2, 0.25) is 0 Å². The van der Waals surface area contributed by atoms with Crippen LogP contribution in [0.5, 0.6) is 0 Å². The van der Waals surface area contributed by atoms with E-state index < -0.39 is 5.97 Å². The van der Waals surface area contributed by atoms with Gasteiger partial charge < -0.3 is 9.64 Å². The van der Waals surface area contributed by atoms with E-state index in [1.54, 1.807) is 18.7 Å². The van der Waals surface area contributed by atoms with Gasteiger partial charge in [-0.2, -0.15) is 11.8 Å². The molecule has 19 heavy (non-hydrogen) atoms. The van der Waals surface area contributed by atoms with Crippen LogP contribution in [0.4, 0.5) is 5.13 Å². The van der Waals surface area contributed by atoms with E-state index in [1.165, 1.54) is 18.3 Å². The van der Waals surface area contributed by atoms with Crippen molar-refractivity contribution in [3.8, 4) is 0 Å². The Hall–Kier alpha value is -1.08. The van der Waals surface area contributed by atoms with Crippen LogP contribution >= 0.6 is 23.1 Å². The number of carbonyl (C=O) groups is 2. The summed E-state index contributed by atoms with van der Waals surface area (Å²) in [6, 6.07) is 0. The molecule has 0 aliphatic heterocycles. The summed E-state index contributed by atoms with van der Waals surface area (Å²) in [5.41, 5.74) is 0.130. The Kier molecular flexibility index (Phi) is 6.30. The Morgan fingerprint density at radius 1 is 1.47 bits per heavy atom. The van der Waals surface area contributed by atoms with Gasteiger partial charge in [0.25, 0.3) is 0 Å². The molecule has 7 heteroatoms. The second-order valence-corrected chi connectivity index (χ2v) is 5.83. The molecule has 0 aliphatic carbocycles. The van der Waals surface area contributed by atoms with Crippen LogP contribution in [0, 0.1) is 0 Å². The van der Waals surface area contributed by atoms with Crippen LogP contribution in [0.2, 0.25) is 0 Å². The lowest BCUT2D eigenvalue weighted by Gasteiger charge is -2.14. The third-order valence-corrected chi connectivity index (χ3v) is 4.22. The zero-order valence-corrected chi connectivity index (χ0v) is 13.2. The van der Waals surface area contributed by atoms with E-state index in [0.717, 1.165) is 12.3 Å². The third-order valence-electron chi connectivity index (χ3n) is 2.36. The third kappa shape index (κ3) is 4.21. The van der Waals surface area contributed by atoms with Crippen molar-refractivity contribution in [2.45, 2.75) is 13.8 Å². The standard InChI is InChI=1S/C12H18N2O3S2/c1-5-17-11(16)9-10(8(2)15)19-12(13-9)14(3)6-7-18-4/h5-7H2,1-4H3. The van der Waals surface area contributed by atoms with E-state index in [-0.39, 0.29) is 18.1 Å². The lowest BCUT2D eigenvalue weighted by molar-refractivity contribution is 0.0517. The van der Waals surface area contributed by atoms with Gasteiger partial charge in [-0.25, -0.2) is 9.78 Å². The average Bonchev–Trinajstić information content (AvgIpc) is 2.81. The summed E-state index contributed by atoms with van der Waals surface area (Å²) >= 11 is 2.97. The number of aromatic nitrogens is 1. The normalized spacial score (nSPS) is 10.3. The molecule has 106 valence electrons. The van der Waals surface area contributed by atoms with Gasteiger partial charge in [0, 0.05) is 26.3 Å². The first-order valence-corrected chi connectivity index (χ1v) is 8.11. The van der Waals surface area contributed by atoms with Crippen LogP contribution < -0.4 is 4.90 Å². The minimum absolute atomic E-state index is 0.130. The maximum atomic E-state index is 11.8. The van der Waals surface area contributed by atoms with Gasteiger partial charge in [-0.05, 0) is 13.2 Å². The summed E-state index contributed by atoms with van der Waals surface area (Å²) in [5, 5.41) is 0.669. The van der Waals surface area contributed by atoms with Crippen LogP contribution in [-0.4, -0.2) is 48.9 Å². The number of ether oxygens (including phenoxy) is 1. The molecule has 1 aromatic rings. The Balaban J connectivity index is 3.00. The predicted molar refractivity (Wildman–Crippen MR) is 79.7 cm³/mol. The molecule has 5 nitrogen and oxygen atoms in total. The van der Waals surface area contributed by atoms with Crippen molar-refractivity contribution in [2.24, 2.45) is 0 Å². The lowest BCUT2D eigenvalue weighted by Crippen LogP contribution is -2.20. The molecule has 1 rings (SSSR count). The number of esters is 1. The highest BCUT2D eigenvalue weighted by Crippen LogP contribution is 2.26. The molecule has 0 aliphatic rings. The average molecular weight is 302 g/mol. The molecule has 0 fully saturated rings. The highest BCUT2D eigenvalue weighted by molar-refractivity contribution is 7.98. The molecule has 0 aromatic carbocycles. The summed E-state index contributed by atoms with van der Waals surface area (Å²) in [6.07, 6.45) is 2.03. The molecule has 0 N–H and O–H groups in total. The first kappa shape index (κ1) is 16.0. The number of carbonyl (C=O) groups excluding carboxylic acids is 2. The number of rotatable bonds is 7. The molecule has 0 saturated carbocycles. The molecular weight excluding hydrogens is 284 g/mol. The summed E-state index contributed by atoms with van der Waals surface area (Å²) in [5.74, 6) is 0.263. The van der Waals surface area contributed by atoms with Crippen LogP contribution in [0.1, 0.15) is 34.0 Å². The van der Waals surface area contributed by atoms with Gasteiger partial charge in [-0.1, -0.05) is 11.3 Å². The van der Waals surface area contributed by atoms with Crippen molar-refractivity contribution in [1.82, 2.24) is 4.98 Å². The summed E-state index contributed by atoms with van der Waals surface area (Å²) < 4.78 is 4.92. The SMILES string of the molecule is CCOC(=O)c1nc(N(C)CCSC)sc1C(C)=O. The highest BCUT2D eigenvalue weighted by atomic mass is 32.2. The van der Waals surface area contributed by atoms with E-state index in [0.29, 0.717) is 10.0 Å². The van der Waals surface area contributed by atoms with E-state index in [1.807, 2.05) is 18.2 Å². The fourth-order valence-corrected chi connectivity index (χ4v) is 2.76. The minimum atomic E-state index is -0.534. The van der Waals surface area contributed by atoms with Gasteiger partial charge in [-0.3, -0.25) is 4.79 Å². The largest absolute Gasteiger partial charge is 0.461 e. The number of Topliss-reactive ketones (excluding diaryl/α,β-unsaturated/α-hetero) is 1. The molecule has 0 saturated heterocycles. The van der Waals surface area contributed by atoms with Crippen molar-refractivity contribution in [2.75, 3.05) is 37.1 Å². The van der Waals surface area contributed by atoms with Crippen molar-refractivity contribution in [3.63, 3.8) is 0 Å². The highest BCUT2D eigenvalue weighted by Gasteiger charge is 2.23. The minimum Gasteiger partial charge on any atom is -0.461 e. The number of thioether (sulfide) groups is 1.